The molecule has 2 rings (SSSR count). The summed E-state index contributed by atoms with van der Waals surface area (Å²) in [5.41, 5.74) is 0. The molecule has 13 heavy (non-hydrogen) atoms. The summed E-state index contributed by atoms with van der Waals surface area (Å²) in [4.78, 5) is 2.64. The highest BCUT2D eigenvalue weighted by Gasteiger charge is 2.16. The first-order valence-electron chi connectivity index (χ1n) is 5.91. The maximum Gasteiger partial charge on any atom is 0.00797 e. The quantitative estimate of drug-likeness (QED) is 0.713. The summed E-state index contributed by atoms with van der Waals surface area (Å²) in [5.74, 6) is 0. The van der Waals surface area contributed by atoms with Crippen LogP contribution in [0.2, 0.25) is 0 Å². The van der Waals surface area contributed by atoms with Crippen molar-refractivity contribution in [2.45, 2.75) is 44.6 Å². The third-order valence-electron chi connectivity index (χ3n) is 3.40. The Morgan fingerprint density at radius 1 is 1.08 bits per heavy atom. The molecule has 1 atom stereocenters. The molecule has 2 heteroatoms. The average Bonchev–Trinajstić information content (AvgIpc) is 2.69. The van der Waals surface area contributed by atoms with Gasteiger partial charge in [-0.25, -0.2) is 0 Å². The third kappa shape index (κ3) is 2.96. The van der Waals surface area contributed by atoms with Crippen molar-refractivity contribution in [3.63, 3.8) is 0 Å². The summed E-state index contributed by atoms with van der Waals surface area (Å²) in [6.45, 7) is 5.29. The molecule has 0 aromatic rings. The van der Waals surface area contributed by atoms with Gasteiger partial charge in [0.1, 0.15) is 0 Å². The van der Waals surface area contributed by atoms with Gasteiger partial charge < -0.3 is 10.2 Å². The number of hydrogen-bond donors (Lipinski definition) is 1. The molecule has 0 saturated carbocycles. The molecule has 0 aromatic heterocycles. The second-order valence-corrected chi connectivity index (χ2v) is 4.48. The molecule has 0 amide bonds. The van der Waals surface area contributed by atoms with Gasteiger partial charge >= 0.3 is 0 Å². The molecule has 2 aliphatic rings. The van der Waals surface area contributed by atoms with Crippen LogP contribution in [0.5, 0.6) is 0 Å². The minimum Gasteiger partial charge on any atom is -0.314 e. The van der Waals surface area contributed by atoms with E-state index in [1.165, 1.54) is 64.7 Å². The Morgan fingerprint density at radius 2 is 1.92 bits per heavy atom. The summed E-state index contributed by atoms with van der Waals surface area (Å²) < 4.78 is 0. The highest BCUT2D eigenvalue weighted by Crippen LogP contribution is 2.12. The van der Waals surface area contributed by atoms with Crippen LogP contribution in [0.4, 0.5) is 0 Å². The van der Waals surface area contributed by atoms with Gasteiger partial charge in [-0.1, -0.05) is 6.42 Å². The van der Waals surface area contributed by atoms with Crippen LogP contribution >= 0.6 is 0 Å². The molecule has 2 heterocycles. The van der Waals surface area contributed by atoms with Crippen molar-refractivity contribution in [3.8, 4) is 0 Å². The summed E-state index contributed by atoms with van der Waals surface area (Å²) in [6.07, 6.45) is 8.49. The average molecular weight is 182 g/mol. The zero-order valence-electron chi connectivity index (χ0n) is 8.60. The van der Waals surface area contributed by atoms with Crippen molar-refractivity contribution >= 4 is 0 Å². The zero-order valence-corrected chi connectivity index (χ0v) is 8.60. The molecule has 2 nitrogen and oxygen atoms in total. The van der Waals surface area contributed by atoms with Crippen molar-refractivity contribution in [1.82, 2.24) is 10.2 Å². The van der Waals surface area contributed by atoms with Crippen LogP contribution in [0.3, 0.4) is 0 Å². The first-order chi connectivity index (χ1) is 6.45. The molecule has 2 fully saturated rings. The lowest BCUT2D eigenvalue weighted by Gasteiger charge is -2.27. The van der Waals surface area contributed by atoms with E-state index in [4.69, 9.17) is 0 Å². The van der Waals surface area contributed by atoms with Crippen LogP contribution in [0, 0.1) is 0 Å². The van der Waals surface area contributed by atoms with Gasteiger partial charge in [-0.3, -0.25) is 0 Å². The van der Waals surface area contributed by atoms with E-state index in [2.05, 4.69) is 10.2 Å². The fourth-order valence-corrected chi connectivity index (χ4v) is 2.52. The number of piperidine rings is 1. The fraction of sp³-hybridized carbons (Fsp3) is 1.00. The van der Waals surface area contributed by atoms with E-state index in [1.807, 2.05) is 0 Å². The standard InChI is InChI=1S/C11H22N2/c1-2-8-13(9-3-1)10-6-11-5-4-7-12-11/h11-12H,1-10H2. The van der Waals surface area contributed by atoms with Gasteiger partial charge in [-0.2, -0.15) is 0 Å². The van der Waals surface area contributed by atoms with Crippen LogP contribution in [-0.2, 0) is 0 Å². The predicted molar refractivity (Wildman–Crippen MR) is 55.9 cm³/mol. The molecule has 2 saturated heterocycles. The summed E-state index contributed by atoms with van der Waals surface area (Å²) >= 11 is 0. The summed E-state index contributed by atoms with van der Waals surface area (Å²) in [6, 6.07) is 0.835. The molecular formula is C11H22N2. The van der Waals surface area contributed by atoms with Gasteiger partial charge in [0.2, 0.25) is 0 Å². The van der Waals surface area contributed by atoms with Crippen molar-refractivity contribution in [1.29, 1.82) is 0 Å². The number of hydrogen-bond acceptors (Lipinski definition) is 2. The summed E-state index contributed by atoms with van der Waals surface area (Å²) in [5, 5.41) is 3.57. The smallest absolute Gasteiger partial charge is 0.00797 e. The van der Waals surface area contributed by atoms with Gasteiger partial charge in [0.15, 0.2) is 0 Å². The zero-order chi connectivity index (χ0) is 8.93. The van der Waals surface area contributed by atoms with Gasteiger partial charge in [0, 0.05) is 6.04 Å². The van der Waals surface area contributed by atoms with Crippen molar-refractivity contribution in [2.24, 2.45) is 0 Å². The maximum absolute atomic E-state index is 3.57. The van der Waals surface area contributed by atoms with E-state index in [0.717, 1.165) is 6.04 Å². The molecule has 0 aromatic carbocycles. The molecule has 1 unspecified atom stereocenters. The molecule has 1 N–H and O–H groups in total. The highest BCUT2D eigenvalue weighted by atomic mass is 15.1. The number of nitrogens with zero attached hydrogens (tertiary/aromatic N) is 1. The Labute approximate surface area is 81.7 Å². The Bertz CT molecular complexity index is 135. The van der Waals surface area contributed by atoms with Gasteiger partial charge in [-0.05, 0) is 58.3 Å². The predicted octanol–water partition coefficient (Wildman–Crippen LogP) is 1.61. The van der Waals surface area contributed by atoms with Crippen LogP contribution < -0.4 is 5.32 Å². The number of nitrogens with one attached hydrogen (secondary N) is 1. The second-order valence-electron chi connectivity index (χ2n) is 4.48. The molecule has 2 aliphatic heterocycles. The van der Waals surface area contributed by atoms with Crippen LogP contribution in [0.25, 0.3) is 0 Å². The van der Waals surface area contributed by atoms with Crippen LogP contribution in [-0.4, -0.2) is 37.1 Å². The van der Waals surface area contributed by atoms with Gasteiger partial charge in [0.25, 0.3) is 0 Å². The lowest BCUT2D eigenvalue weighted by molar-refractivity contribution is 0.219. The van der Waals surface area contributed by atoms with E-state index in [-0.39, 0.29) is 0 Å². The normalized spacial score (nSPS) is 30.9. The van der Waals surface area contributed by atoms with E-state index < -0.39 is 0 Å². The second kappa shape index (κ2) is 4.97. The topological polar surface area (TPSA) is 15.3 Å². The fourth-order valence-electron chi connectivity index (χ4n) is 2.52. The lowest BCUT2D eigenvalue weighted by Crippen LogP contribution is -2.34. The first kappa shape index (κ1) is 9.47. The third-order valence-corrected chi connectivity index (χ3v) is 3.40. The first-order valence-corrected chi connectivity index (χ1v) is 5.91. The molecule has 0 radical (unpaired) electrons. The minimum atomic E-state index is 0.835. The van der Waals surface area contributed by atoms with E-state index >= 15 is 0 Å². The lowest BCUT2D eigenvalue weighted by atomic mass is 10.1. The van der Waals surface area contributed by atoms with Crippen molar-refractivity contribution < 1.29 is 0 Å². The maximum atomic E-state index is 3.57. The van der Waals surface area contributed by atoms with E-state index in [0.29, 0.717) is 0 Å². The SMILES string of the molecule is C1CCN(CCC2CCCN2)CC1. The molecule has 76 valence electrons. The number of rotatable bonds is 3. The van der Waals surface area contributed by atoms with Gasteiger partial charge in [0.05, 0.1) is 0 Å². The largest absolute Gasteiger partial charge is 0.314 e. The Hall–Kier alpha value is -0.0800. The molecule has 0 spiro atoms. The van der Waals surface area contributed by atoms with E-state index in [9.17, 15) is 0 Å². The van der Waals surface area contributed by atoms with Crippen LogP contribution in [0.1, 0.15) is 38.5 Å². The van der Waals surface area contributed by atoms with Crippen molar-refractivity contribution in [2.75, 3.05) is 26.2 Å². The van der Waals surface area contributed by atoms with Crippen LogP contribution in [0.15, 0.2) is 0 Å². The molecule has 0 bridgehead atoms. The Balaban J connectivity index is 1.60. The summed E-state index contributed by atoms with van der Waals surface area (Å²) in [7, 11) is 0. The van der Waals surface area contributed by atoms with E-state index in [1.54, 1.807) is 0 Å². The molecular weight excluding hydrogens is 160 g/mol. The Morgan fingerprint density at radius 3 is 2.62 bits per heavy atom. The highest BCUT2D eigenvalue weighted by molar-refractivity contribution is 4.76. The van der Waals surface area contributed by atoms with Crippen molar-refractivity contribution in [3.05, 3.63) is 0 Å². The monoisotopic (exact) mass is 182 g/mol. The Kier molecular flexibility index (Phi) is 3.62. The number of likely N-dealkylation sites (tertiary alicyclic amines) is 1. The minimum absolute atomic E-state index is 0.835. The molecule has 0 aliphatic carbocycles. The van der Waals surface area contributed by atoms with Gasteiger partial charge in [-0.15, -0.1) is 0 Å².